The van der Waals surface area contributed by atoms with Crippen LogP contribution < -0.4 is 0 Å². The van der Waals surface area contributed by atoms with Crippen molar-refractivity contribution >= 4 is 5.91 Å². The molecule has 0 aromatic carbocycles. The fourth-order valence-electron chi connectivity index (χ4n) is 5.00. The summed E-state index contributed by atoms with van der Waals surface area (Å²) in [6.45, 7) is 6.76. The Labute approximate surface area is 160 Å². The summed E-state index contributed by atoms with van der Waals surface area (Å²) in [6, 6.07) is 0.408. The Morgan fingerprint density at radius 1 is 1.15 bits per heavy atom. The van der Waals surface area contributed by atoms with E-state index in [0.29, 0.717) is 23.8 Å². The van der Waals surface area contributed by atoms with E-state index in [1.54, 1.807) is 0 Å². The Hall–Kier alpha value is -1.09. The van der Waals surface area contributed by atoms with Gasteiger partial charge in [-0.05, 0) is 44.3 Å². The largest absolute Gasteiger partial charge is 0.309 e. The van der Waals surface area contributed by atoms with E-state index in [0.717, 1.165) is 38.8 Å². The smallest absolute Gasteiger partial charge is 0.227 e. The molecule has 0 aromatic rings. The lowest BCUT2D eigenvalue weighted by molar-refractivity contribution is -0.131. The van der Waals surface area contributed by atoms with Crippen LogP contribution >= 0.6 is 0 Å². The minimum Gasteiger partial charge on any atom is -0.309 e. The number of piperidine rings is 1. The van der Waals surface area contributed by atoms with Gasteiger partial charge in [0.2, 0.25) is 5.91 Å². The van der Waals surface area contributed by atoms with Gasteiger partial charge in [0.05, 0.1) is 0 Å². The van der Waals surface area contributed by atoms with E-state index in [1.165, 1.54) is 49.8 Å². The highest BCUT2D eigenvalue weighted by Crippen LogP contribution is 2.45. The summed E-state index contributed by atoms with van der Waals surface area (Å²) in [7, 11) is 2.22. The lowest BCUT2D eigenvalue weighted by Gasteiger charge is -2.35. The maximum Gasteiger partial charge on any atom is 0.227 e. The highest BCUT2D eigenvalue weighted by molar-refractivity contribution is 5.81. The third-order valence-corrected chi connectivity index (χ3v) is 6.48. The van der Waals surface area contributed by atoms with Crippen molar-refractivity contribution < 1.29 is 4.79 Å². The van der Waals surface area contributed by atoms with E-state index in [9.17, 15) is 4.79 Å². The molecule has 2 heterocycles. The summed E-state index contributed by atoms with van der Waals surface area (Å²) in [6.07, 6.45) is 16.6. The van der Waals surface area contributed by atoms with Gasteiger partial charge in [-0.15, -0.1) is 0 Å². The van der Waals surface area contributed by atoms with Gasteiger partial charge < -0.3 is 9.80 Å². The van der Waals surface area contributed by atoms with Crippen molar-refractivity contribution in [2.75, 3.05) is 20.1 Å². The van der Waals surface area contributed by atoms with Crippen molar-refractivity contribution in [2.45, 2.75) is 84.1 Å². The second kappa shape index (κ2) is 9.21. The van der Waals surface area contributed by atoms with Crippen molar-refractivity contribution in [3.05, 3.63) is 23.4 Å². The van der Waals surface area contributed by atoms with Crippen LogP contribution in [0.25, 0.3) is 0 Å². The molecule has 1 aliphatic carbocycles. The number of carbonyl (C=O) groups excluding carboxylic acids is 1. The van der Waals surface area contributed by atoms with Gasteiger partial charge in [-0.1, -0.05) is 64.5 Å². The number of hydrogen-bond acceptors (Lipinski definition) is 2. The maximum atomic E-state index is 13.1. The number of unbranched alkanes of at least 4 members (excludes halogenated alkanes) is 6. The zero-order valence-electron chi connectivity index (χ0n) is 17.2. The molecule has 3 rings (SSSR count). The second-order valence-corrected chi connectivity index (χ2v) is 8.78. The van der Waals surface area contributed by atoms with E-state index in [-0.39, 0.29) is 0 Å². The van der Waals surface area contributed by atoms with Gasteiger partial charge in [0, 0.05) is 30.6 Å². The molecular weight excluding hydrogens is 320 g/mol. The zero-order chi connectivity index (χ0) is 18.5. The van der Waals surface area contributed by atoms with Crippen molar-refractivity contribution in [2.24, 2.45) is 11.8 Å². The van der Waals surface area contributed by atoms with E-state index in [1.807, 2.05) is 0 Å². The molecule has 0 saturated carbocycles. The topological polar surface area (TPSA) is 23.6 Å². The summed E-state index contributed by atoms with van der Waals surface area (Å²) >= 11 is 0. The van der Waals surface area contributed by atoms with E-state index in [4.69, 9.17) is 0 Å². The Kier molecular flexibility index (Phi) is 6.97. The van der Waals surface area contributed by atoms with Crippen LogP contribution in [0, 0.1) is 11.8 Å². The third kappa shape index (κ3) is 4.42. The second-order valence-electron chi connectivity index (χ2n) is 8.78. The fourth-order valence-corrected chi connectivity index (χ4v) is 5.00. The van der Waals surface area contributed by atoms with Crippen LogP contribution in [0.15, 0.2) is 23.4 Å². The molecule has 0 radical (unpaired) electrons. The van der Waals surface area contributed by atoms with Crippen molar-refractivity contribution in [3.8, 4) is 0 Å². The monoisotopic (exact) mass is 358 g/mol. The number of hydrogen-bond donors (Lipinski definition) is 0. The third-order valence-electron chi connectivity index (χ3n) is 6.48. The summed E-state index contributed by atoms with van der Waals surface area (Å²) < 4.78 is 0. The van der Waals surface area contributed by atoms with Crippen LogP contribution in [-0.2, 0) is 4.79 Å². The van der Waals surface area contributed by atoms with Gasteiger partial charge >= 0.3 is 0 Å². The molecule has 2 aliphatic heterocycles. The first kappa shape index (κ1) is 19.7. The van der Waals surface area contributed by atoms with Gasteiger partial charge in [-0.3, -0.25) is 4.79 Å². The lowest BCUT2D eigenvalue weighted by atomic mass is 9.85. The molecule has 0 spiro atoms. The van der Waals surface area contributed by atoms with Gasteiger partial charge in [0.15, 0.2) is 0 Å². The molecule has 3 atom stereocenters. The highest BCUT2D eigenvalue weighted by Gasteiger charge is 2.46. The lowest BCUT2D eigenvalue weighted by Crippen LogP contribution is -2.46. The Morgan fingerprint density at radius 3 is 2.65 bits per heavy atom. The van der Waals surface area contributed by atoms with Crippen LogP contribution in [0.4, 0.5) is 0 Å². The molecule has 3 nitrogen and oxygen atoms in total. The first-order valence-electron chi connectivity index (χ1n) is 11.0. The number of allylic oxidation sites excluding steroid dienone is 3. The molecule has 3 heteroatoms. The highest BCUT2D eigenvalue weighted by atomic mass is 16.2. The van der Waals surface area contributed by atoms with Crippen LogP contribution in [0.1, 0.15) is 78.1 Å². The Balaban J connectivity index is 1.58. The molecule has 0 aromatic heterocycles. The summed E-state index contributed by atoms with van der Waals surface area (Å²) in [5.41, 5.74) is 2.73. The summed E-state index contributed by atoms with van der Waals surface area (Å²) in [5.74, 6) is 1.52. The molecular formula is C23H38N2O. The number of carbonyl (C=O) groups is 1. The zero-order valence-corrected chi connectivity index (χ0v) is 17.2. The van der Waals surface area contributed by atoms with Crippen LogP contribution in [0.3, 0.4) is 0 Å². The predicted molar refractivity (Wildman–Crippen MR) is 109 cm³/mol. The van der Waals surface area contributed by atoms with Gasteiger partial charge in [-0.25, -0.2) is 0 Å². The van der Waals surface area contributed by atoms with Crippen molar-refractivity contribution in [3.63, 3.8) is 0 Å². The minimum atomic E-state index is 0.377. The average molecular weight is 359 g/mol. The first-order chi connectivity index (χ1) is 12.6. The van der Waals surface area contributed by atoms with Crippen LogP contribution in [-0.4, -0.2) is 41.9 Å². The summed E-state index contributed by atoms with van der Waals surface area (Å²) in [5, 5.41) is 0. The predicted octanol–water partition coefficient (Wildman–Crippen LogP) is 5.14. The first-order valence-corrected chi connectivity index (χ1v) is 11.0. The fraction of sp³-hybridized carbons (Fsp3) is 0.783. The summed E-state index contributed by atoms with van der Waals surface area (Å²) in [4.78, 5) is 17.7. The number of amides is 1. The molecule has 2 saturated heterocycles. The van der Waals surface area contributed by atoms with E-state index < -0.39 is 0 Å². The molecule has 3 aliphatic rings. The normalized spacial score (nSPS) is 28.4. The number of nitrogens with zero attached hydrogens (tertiary/aromatic N) is 2. The molecule has 2 fully saturated rings. The quantitative estimate of drug-likeness (QED) is 0.561. The van der Waals surface area contributed by atoms with Crippen LogP contribution in [0.2, 0.25) is 0 Å². The van der Waals surface area contributed by atoms with E-state index in [2.05, 4.69) is 42.8 Å². The molecule has 146 valence electrons. The van der Waals surface area contributed by atoms with Gasteiger partial charge in [0.1, 0.15) is 0 Å². The number of rotatable bonds is 8. The Morgan fingerprint density at radius 2 is 1.88 bits per heavy atom. The maximum absolute atomic E-state index is 13.1. The van der Waals surface area contributed by atoms with Gasteiger partial charge in [-0.2, -0.15) is 0 Å². The Bertz CT molecular complexity index is 550. The minimum absolute atomic E-state index is 0.377. The van der Waals surface area contributed by atoms with Crippen molar-refractivity contribution in [1.29, 1.82) is 0 Å². The van der Waals surface area contributed by atoms with Crippen molar-refractivity contribution in [1.82, 2.24) is 9.80 Å². The number of likely N-dealkylation sites (tertiary alicyclic amines) is 2. The molecule has 0 bridgehead atoms. The van der Waals surface area contributed by atoms with E-state index >= 15 is 0 Å². The SMILES string of the molecule is CCCCCCCCCC(=O)N1C2=CCC(C)C=C2C2CN(C)CCC21. The molecule has 0 N–H and O–H groups in total. The number of fused-ring (bicyclic) bond motifs is 3. The molecule has 26 heavy (non-hydrogen) atoms. The molecule has 1 amide bonds. The van der Waals surface area contributed by atoms with Crippen LogP contribution in [0.5, 0.6) is 0 Å². The average Bonchev–Trinajstić information content (AvgIpc) is 2.94. The standard InChI is InChI=1S/C23H38N2O/c1-4-5-6-7-8-9-10-11-23(26)25-21-13-12-18(2)16-19(21)20-17-24(3)15-14-22(20)25/h13,16,18,20,22H,4-12,14-15,17H2,1-3H3. The van der Waals surface area contributed by atoms with Gasteiger partial charge in [0.25, 0.3) is 0 Å². The molecule has 3 unspecified atom stereocenters.